The highest BCUT2D eigenvalue weighted by Crippen LogP contribution is 2.27. The third kappa shape index (κ3) is 4.54. The van der Waals surface area contributed by atoms with Crippen LogP contribution in [0.1, 0.15) is 17.0 Å². The van der Waals surface area contributed by atoms with Crippen molar-refractivity contribution in [1.82, 2.24) is 9.97 Å². The molecule has 1 aromatic heterocycles. The molecular formula is C17H19N3O3. The number of hydrogen-bond acceptors (Lipinski definition) is 5. The zero-order valence-electron chi connectivity index (χ0n) is 13.6. The van der Waals surface area contributed by atoms with Gasteiger partial charge in [0.25, 0.3) is 5.91 Å². The molecule has 1 heterocycles. The van der Waals surface area contributed by atoms with Gasteiger partial charge in [-0.3, -0.25) is 10.1 Å². The fourth-order valence-corrected chi connectivity index (χ4v) is 2.06. The van der Waals surface area contributed by atoms with Gasteiger partial charge in [0.1, 0.15) is 0 Å². The van der Waals surface area contributed by atoms with Gasteiger partial charge in [0.05, 0.1) is 14.2 Å². The summed E-state index contributed by atoms with van der Waals surface area (Å²) in [5, 5.41) is 2.64. The second-order valence-electron chi connectivity index (χ2n) is 4.91. The highest BCUT2D eigenvalue weighted by Gasteiger charge is 2.05. The average Bonchev–Trinajstić information content (AvgIpc) is 2.51. The van der Waals surface area contributed by atoms with Crippen molar-refractivity contribution in [2.24, 2.45) is 0 Å². The Morgan fingerprint density at radius 2 is 1.70 bits per heavy atom. The maximum Gasteiger partial charge on any atom is 0.250 e. The minimum atomic E-state index is -0.301. The maximum absolute atomic E-state index is 12.0. The van der Waals surface area contributed by atoms with Gasteiger partial charge >= 0.3 is 0 Å². The number of carbonyl (C=O) groups is 1. The summed E-state index contributed by atoms with van der Waals surface area (Å²) in [6.07, 6.45) is 3.10. The first-order chi connectivity index (χ1) is 11.0. The Bertz CT molecular complexity index is 722. The molecule has 1 amide bonds. The lowest BCUT2D eigenvalue weighted by atomic mass is 10.2. The van der Waals surface area contributed by atoms with E-state index in [0.29, 0.717) is 17.4 Å². The highest BCUT2D eigenvalue weighted by molar-refractivity contribution is 6.00. The van der Waals surface area contributed by atoms with Crippen LogP contribution in [0.15, 0.2) is 30.3 Å². The van der Waals surface area contributed by atoms with E-state index in [1.807, 2.05) is 26.0 Å². The summed E-state index contributed by atoms with van der Waals surface area (Å²) in [5.74, 6) is 1.24. The topological polar surface area (TPSA) is 73.3 Å². The van der Waals surface area contributed by atoms with Crippen LogP contribution in [-0.4, -0.2) is 30.1 Å². The number of aromatic nitrogens is 2. The van der Waals surface area contributed by atoms with Crippen LogP contribution in [0.4, 0.5) is 5.95 Å². The van der Waals surface area contributed by atoms with E-state index in [9.17, 15) is 4.79 Å². The molecule has 6 nitrogen and oxygen atoms in total. The molecule has 0 unspecified atom stereocenters. The quantitative estimate of drug-likeness (QED) is 0.859. The first-order valence-corrected chi connectivity index (χ1v) is 7.05. The second-order valence-corrected chi connectivity index (χ2v) is 4.91. The largest absolute Gasteiger partial charge is 0.493 e. The van der Waals surface area contributed by atoms with Crippen molar-refractivity contribution in [3.63, 3.8) is 0 Å². The number of amides is 1. The number of benzene rings is 1. The van der Waals surface area contributed by atoms with Gasteiger partial charge in [-0.05, 0) is 43.7 Å². The molecule has 0 bridgehead atoms. The van der Waals surface area contributed by atoms with E-state index >= 15 is 0 Å². The van der Waals surface area contributed by atoms with Crippen LogP contribution in [-0.2, 0) is 4.79 Å². The molecule has 0 aliphatic heterocycles. The maximum atomic E-state index is 12.0. The van der Waals surface area contributed by atoms with Crippen molar-refractivity contribution < 1.29 is 14.3 Å². The minimum absolute atomic E-state index is 0.296. The molecule has 6 heteroatoms. The molecule has 1 N–H and O–H groups in total. The zero-order chi connectivity index (χ0) is 16.8. The monoisotopic (exact) mass is 313 g/mol. The van der Waals surface area contributed by atoms with Crippen LogP contribution in [0.2, 0.25) is 0 Å². The van der Waals surface area contributed by atoms with Gasteiger partial charge in [0.15, 0.2) is 11.5 Å². The fraction of sp³-hybridized carbons (Fsp3) is 0.235. The van der Waals surface area contributed by atoms with E-state index in [-0.39, 0.29) is 5.91 Å². The lowest BCUT2D eigenvalue weighted by Crippen LogP contribution is -2.11. The number of methoxy groups -OCH3 is 2. The average molecular weight is 313 g/mol. The van der Waals surface area contributed by atoms with Crippen molar-refractivity contribution in [1.29, 1.82) is 0 Å². The molecule has 1 aromatic carbocycles. The van der Waals surface area contributed by atoms with Gasteiger partial charge < -0.3 is 9.47 Å². The Balaban J connectivity index is 2.09. The van der Waals surface area contributed by atoms with Crippen LogP contribution < -0.4 is 14.8 Å². The zero-order valence-corrected chi connectivity index (χ0v) is 13.6. The predicted octanol–water partition coefficient (Wildman–Crippen LogP) is 2.76. The number of carbonyl (C=O) groups excluding carboxylic acids is 1. The van der Waals surface area contributed by atoms with E-state index in [2.05, 4.69) is 15.3 Å². The summed E-state index contributed by atoms with van der Waals surface area (Å²) < 4.78 is 10.4. The standard InChI is InChI=1S/C17H19N3O3/c1-11-9-12(2)19-17(18-11)20-16(21)8-6-13-5-7-14(22-3)15(10-13)23-4/h5-10H,1-4H3,(H,18,19,20,21). The van der Waals surface area contributed by atoms with Gasteiger partial charge in [-0.25, -0.2) is 9.97 Å². The number of ether oxygens (including phenoxy) is 2. The first kappa shape index (κ1) is 16.5. The summed E-state index contributed by atoms with van der Waals surface area (Å²) >= 11 is 0. The Morgan fingerprint density at radius 3 is 2.30 bits per heavy atom. The molecule has 120 valence electrons. The van der Waals surface area contributed by atoms with E-state index in [1.54, 1.807) is 32.4 Å². The molecule has 0 saturated heterocycles. The fourth-order valence-electron chi connectivity index (χ4n) is 2.06. The molecule has 0 atom stereocenters. The van der Waals surface area contributed by atoms with E-state index in [0.717, 1.165) is 17.0 Å². The van der Waals surface area contributed by atoms with Crippen LogP contribution in [0.5, 0.6) is 11.5 Å². The Morgan fingerprint density at radius 1 is 1.04 bits per heavy atom. The lowest BCUT2D eigenvalue weighted by Gasteiger charge is -2.07. The number of hydrogen-bond donors (Lipinski definition) is 1. The normalized spacial score (nSPS) is 10.6. The number of anilines is 1. The van der Waals surface area contributed by atoms with Crippen molar-refractivity contribution >= 4 is 17.9 Å². The van der Waals surface area contributed by atoms with Crippen LogP contribution in [0.25, 0.3) is 6.08 Å². The number of nitrogens with one attached hydrogen (secondary N) is 1. The third-order valence-corrected chi connectivity index (χ3v) is 3.05. The van der Waals surface area contributed by atoms with Crippen molar-refractivity contribution in [2.45, 2.75) is 13.8 Å². The minimum Gasteiger partial charge on any atom is -0.493 e. The van der Waals surface area contributed by atoms with E-state index in [1.165, 1.54) is 6.08 Å². The Labute approximate surface area is 135 Å². The molecule has 2 aromatic rings. The van der Waals surface area contributed by atoms with E-state index in [4.69, 9.17) is 9.47 Å². The Kier molecular flexibility index (Phi) is 5.30. The van der Waals surface area contributed by atoms with Crippen molar-refractivity contribution in [2.75, 3.05) is 19.5 Å². The van der Waals surface area contributed by atoms with Crippen LogP contribution >= 0.6 is 0 Å². The molecule has 0 aliphatic rings. The van der Waals surface area contributed by atoms with Crippen molar-refractivity contribution in [3.8, 4) is 11.5 Å². The summed E-state index contributed by atoms with van der Waals surface area (Å²) in [5.41, 5.74) is 2.42. The lowest BCUT2D eigenvalue weighted by molar-refractivity contribution is -0.111. The summed E-state index contributed by atoms with van der Waals surface area (Å²) in [7, 11) is 3.14. The SMILES string of the molecule is COc1ccc(C=CC(=O)Nc2nc(C)cc(C)n2)cc1OC. The summed E-state index contributed by atoms with van der Waals surface area (Å²) in [6.45, 7) is 3.70. The number of rotatable bonds is 5. The molecule has 0 saturated carbocycles. The predicted molar refractivity (Wildman–Crippen MR) is 88.7 cm³/mol. The molecule has 0 spiro atoms. The van der Waals surface area contributed by atoms with Gasteiger partial charge in [-0.1, -0.05) is 6.07 Å². The van der Waals surface area contributed by atoms with Gasteiger partial charge in [0.2, 0.25) is 5.95 Å². The molecular weight excluding hydrogens is 294 g/mol. The van der Waals surface area contributed by atoms with Gasteiger partial charge in [-0.2, -0.15) is 0 Å². The summed E-state index contributed by atoms with van der Waals surface area (Å²) in [6, 6.07) is 7.24. The smallest absolute Gasteiger partial charge is 0.250 e. The molecule has 0 radical (unpaired) electrons. The molecule has 0 aliphatic carbocycles. The first-order valence-electron chi connectivity index (χ1n) is 7.05. The molecule has 23 heavy (non-hydrogen) atoms. The summed E-state index contributed by atoms with van der Waals surface area (Å²) in [4.78, 5) is 20.3. The molecule has 0 fully saturated rings. The number of aryl methyl sites for hydroxylation is 2. The third-order valence-electron chi connectivity index (χ3n) is 3.05. The van der Waals surface area contributed by atoms with Crippen molar-refractivity contribution in [3.05, 3.63) is 47.3 Å². The van der Waals surface area contributed by atoms with E-state index < -0.39 is 0 Å². The van der Waals surface area contributed by atoms with Crippen LogP contribution in [0.3, 0.4) is 0 Å². The molecule has 2 rings (SSSR count). The second kappa shape index (κ2) is 7.40. The number of nitrogens with zero attached hydrogens (tertiary/aromatic N) is 2. The van der Waals surface area contributed by atoms with Crippen LogP contribution in [0, 0.1) is 13.8 Å². The Hall–Kier alpha value is -2.89. The highest BCUT2D eigenvalue weighted by atomic mass is 16.5. The van der Waals surface area contributed by atoms with Gasteiger partial charge in [-0.15, -0.1) is 0 Å². The van der Waals surface area contributed by atoms with Gasteiger partial charge in [0, 0.05) is 17.5 Å².